The average Bonchev–Trinajstić information content (AvgIpc) is 2.84. The van der Waals surface area contributed by atoms with Crippen molar-refractivity contribution in [3.8, 4) is 6.57 Å². The van der Waals surface area contributed by atoms with Crippen molar-refractivity contribution in [2.75, 3.05) is 32.6 Å². The minimum atomic E-state index is -0.282. The Morgan fingerprint density at radius 1 is 1.29 bits per heavy atom. The number of H-pyrrole nitrogens is 1. The summed E-state index contributed by atoms with van der Waals surface area (Å²) in [6, 6.07) is 7.44. The number of carbonyl (C=O) groups excluding carboxylic acids is 1. The second-order valence-electron chi connectivity index (χ2n) is 8.29. The van der Waals surface area contributed by atoms with E-state index >= 15 is 0 Å². The molecule has 0 spiro atoms. The van der Waals surface area contributed by atoms with Crippen LogP contribution in [0.25, 0.3) is 0 Å². The van der Waals surface area contributed by atoms with E-state index in [0.29, 0.717) is 41.7 Å². The molecule has 1 aliphatic rings. The first-order valence-corrected chi connectivity index (χ1v) is 11.3. The van der Waals surface area contributed by atoms with Crippen molar-refractivity contribution in [2.45, 2.75) is 45.1 Å². The smallest absolute Gasteiger partial charge is 0.261 e. The van der Waals surface area contributed by atoms with Crippen LogP contribution in [-0.4, -0.2) is 55.0 Å². The minimum absolute atomic E-state index is 0.0819. The predicted molar refractivity (Wildman–Crippen MR) is 135 cm³/mol. The Bertz CT molecular complexity index is 1070. The second kappa shape index (κ2) is 13.2. The van der Waals surface area contributed by atoms with Gasteiger partial charge in [-0.15, -0.1) is 0 Å². The van der Waals surface area contributed by atoms with Crippen LogP contribution >= 0.6 is 0 Å². The number of methoxy groups -OCH3 is 1. The number of hydrogen-bond acceptors (Lipinski definition) is 6. The molecule has 0 bridgehead atoms. The van der Waals surface area contributed by atoms with Crippen LogP contribution in [0.2, 0.25) is 0 Å². The number of ether oxygens (including phenoxy) is 1. The number of anilines is 1. The number of likely N-dealkylation sites (N-methyl/N-ethyl adjacent to an activating group) is 1. The zero-order valence-corrected chi connectivity index (χ0v) is 20.1. The number of amides is 1. The molecule has 1 heterocycles. The van der Waals surface area contributed by atoms with Crippen molar-refractivity contribution in [3.63, 3.8) is 0 Å². The van der Waals surface area contributed by atoms with Gasteiger partial charge in [-0.1, -0.05) is 19.3 Å². The van der Waals surface area contributed by atoms with Crippen LogP contribution < -0.4 is 16.6 Å². The van der Waals surface area contributed by atoms with Crippen molar-refractivity contribution in [3.05, 3.63) is 57.5 Å². The Hall–Kier alpha value is -3.64. The Labute approximate surface area is 200 Å². The summed E-state index contributed by atoms with van der Waals surface area (Å²) in [6.45, 7) is 6.34. The van der Waals surface area contributed by atoms with Gasteiger partial charge in [0.25, 0.3) is 11.5 Å². The van der Waals surface area contributed by atoms with E-state index in [1.165, 1.54) is 19.3 Å². The molecular weight excluding hydrogens is 432 g/mol. The lowest BCUT2D eigenvalue weighted by molar-refractivity contribution is 0.0743. The highest BCUT2D eigenvalue weighted by Crippen LogP contribution is 2.24. The van der Waals surface area contributed by atoms with E-state index in [-0.39, 0.29) is 17.3 Å². The number of carbonyl (C=O) groups is 1. The lowest BCUT2D eigenvalue weighted by Crippen LogP contribution is -2.30. The number of aromatic nitrogens is 1. The summed E-state index contributed by atoms with van der Waals surface area (Å²) in [5, 5.41) is 9.98. The number of nitriles is 1. The third-order valence-corrected chi connectivity index (χ3v) is 5.85. The van der Waals surface area contributed by atoms with E-state index < -0.39 is 0 Å². The molecule has 34 heavy (non-hydrogen) atoms. The first-order chi connectivity index (χ1) is 16.4. The number of hydrogen-bond donors (Lipinski definition) is 3. The van der Waals surface area contributed by atoms with Crippen LogP contribution in [0.5, 0.6) is 0 Å². The van der Waals surface area contributed by atoms with E-state index in [9.17, 15) is 9.59 Å². The Balaban J connectivity index is 0.00000199. The predicted octanol–water partition coefficient (Wildman–Crippen LogP) is 3.32. The van der Waals surface area contributed by atoms with Gasteiger partial charge in [-0.05, 0) is 49.6 Å². The molecule has 1 fully saturated rings. The van der Waals surface area contributed by atoms with Gasteiger partial charge < -0.3 is 25.7 Å². The SMILES string of the molecule is C#N.COCCN(C)C(=O)c1ccc(N=C(N)c2c(NC3CCCCC3)cc[nH]c2=O)cc1C. The molecule has 0 radical (unpaired) electrons. The van der Waals surface area contributed by atoms with Crippen molar-refractivity contribution in [1.82, 2.24) is 9.88 Å². The maximum absolute atomic E-state index is 12.7. The van der Waals surface area contributed by atoms with Gasteiger partial charge in [0.1, 0.15) is 11.4 Å². The summed E-state index contributed by atoms with van der Waals surface area (Å²) < 4.78 is 5.04. The number of aliphatic imine (C=N–C) groups is 1. The van der Waals surface area contributed by atoms with Gasteiger partial charge >= 0.3 is 0 Å². The average molecular weight is 467 g/mol. The van der Waals surface area contributed by atoms with Gasteiger partial charge in [0.2, 0.25) is 0 Å². The van der Waals surface area contributed by atoms with E-state index in [1.54, 1.807) is 43.5 Å². The van der Waals surface area contributed by atoms with Crippen LogP contribution in [-0.2, 0) is 4.74 Å². The van der Waals surface area contributed by atoms with Gasteiger partial charge in [0.05, 0.1) is 18.0 Å². The molecule has 4 N–H and O–H groups in total. The molecule has 3 rings (SSSR count). The fraction of sp³-hybridized carbons (Fsp3) is 0.440. The van der Waals surface area contributed by atoms with E-state index in [4.69, 9.17) is 15.7 Å². The van der Waals surface area contributed by atoms with Crippen LogP contribution in [0, 0.1) is 18.8 Å². The Morgan fingerprint density at radius 2 is 2.00 bits per heavy atom. The molecule has 0 unspecified atom stereocenters. The summed E-state index contributed by atoms with van der Waals surface area (Å²) >= 11 is 0. The summed E-state index contributed by atoms with van der Waals surface area (Å²) in [7, 11) is 3.35. The number of pyridine rings is 1. The molecule has 1 aromatic carbocycles. The third-order valence-electron chi connectivity index (χ3n) is 5.85. The summed E-state index contributed by atoms with van der Waals surface area (Å²) in [5.41, 5.74) is 9.02. The quantitative estimate of drug-likeness (QED) is 0.403. The minimum Gasteiger partial charge on any atom is -0.383 e. The van der Waals surface area contributed by atoms with Crippen molar-refractivity contribution < 1.29 is 9.53 Å². The second-order valence-corrected chi connectivity index (χ2v) is 8.29. The number of nitrogens with one attached hydrogen (secondary N) is 2. The van der Waals surface area contributed by atoms with Gasteiger partial charge in [-0.3, -0.25) is 9.59 Å². The molecule has 1 aromatic heterocycles. The molecule has 2 aromatic rings. The molecule has 1 saturated carbocycles. The third kappa shape index (κ3) is 6.93. The maximum atomic E-state index is 12.7. The van der Waals surface area contributed by atoms with Crippen molar-refractivity contribution in [2.24, 2.45) is 10.7 Å². The number of amidine groups is 1. The lowest BCUT2D eigenvalue weighted by Gasteiger charge is -2.24. The molecule has 0 saturated heterocycles. The van der Waals surface area contributed by atoms with Gasteiger partial charge in [-0.2, -0.15) is 0 Å². The van der Waals surface area contributed by atoms with Crippen LogP contribution in [0.15, 0.2) is 40.2 Å². The normalized spacial score (nSPS) is 14.1. The van der Waals surface area contributed by atoms with Crippen molar-refractivity contribution in [1.29, 1.82) is 5.26 Å². The fourth-order valence-electron chi connectivity index (χ4n) is 4.01. The number of aryl methyl sites for hydroxylation is 1. The fourth-order valence-corrected chi connectivity index (χ4v) is 4.01. The molecule has 182 valence electrons. The molecule has 9 heteroatoms. The van der Waals surface area contributed by atoms with E-state index in [0.717, 1.165) is 18.4 Å². The van der Waals surface area contributed by atoms with Gasteiger partial charge in [-0.25, -0.2) is 10.3 Å². The summed E-state index contributed by atoms with van der Waals surface area (Å²) in [4.78, 5) is 34.0. The molecule has 1 amide bonds. The number of aromatic amines is 1. The largest absolute Gasteiger partial charge is 0.383 e. The number of rotatable bonds is 8. The maximum Gasteiger partial charge on any atom is 0.261 e. The lowest BCUT2D eigenvalue weighted by atomic mass is 9.95. The molecular formula is C25H34N6O3. The first-order valence-electron chi connectivity index (χ1n) is 11.3. The number of nitrogens with two attached hydrogens (primary N) is 1. The van der Waals surface area contributed by atoms with Crippen LogP contribution in [0.1, 0.15) is 53.6 Å². The summed E-state index contributed by atoms with van der Waals surface area (Å²) in [5.74, 6) is 0.0578. The Kier molecular flexibility index (Phi) is 10.3. The number of nitrogens with zero attached hydrogens (tertiary/aromatic N) is 3. The topological polar surface area (TPSA) is 137 Å². The zero-order valence-electron chi connectivity index (χ0n) is 20.1. The van der Waals surface area contributed by atoms with E-state index in [2.05, 4.69) is 21.9 Å². The van der Waals surface area contributed by atoms with Gasteiger partial charge in [0, 0.05) is 45.1 Å². The Morgan fingerprint density at radius 3 is 2.65 bits per heavy atom. The van der Waals surface area contributed by atoms with E-state index in [1.807, 2.05) is 13.0 Å². The first kappa shape index (κ1) is 26.6. The molecule has 0 aliphatic heterocycles. The van der Waals surface area contributed by atoms with Crippen LogP contribution in [0.3, 0.4) is 0 Å². The standard InChI is InChI=1S/C24H33N5O3.CHN/c1-16-15-18(9-10-19(16)24(31)29(2)13-14-32-3)28-22(25)21-20(11-12-26-23(21)30)27-17-7-5-4-6-8-17;1-2/h9-12,15,17H,4-8,13-14H2,1-3H3,(H2,25,28)(H2,26,27,30);1H. The zero-order chi connectivity index (χ0) is 25.1. The van der Waals surface area contributed by atoms with Crippen molar-refractivity contribution >= 4 is 23.1 Å². The molecule has 1 aliphatic carbocycles. The number of benzene rings is 1. The van der Waals surface area contributed by atoms with Crippen LogP contribution in [0.4, 0.5) is 11.4 Å². The molecule has 9 nitrogen and oxygen atoms in total. The highest BCUT2D eigenvalue weighted by Gasteiger charge is 2.18. The summed E-state index contributed by atoms with van der Waals surface area (Å²) in [6.07, 6.45) is 7.40. The highest BCUT2D eigenvalue weighted by atomic mass is 16.5. The van der Waals surface area contributed by atoms with Gasteiger partial charge in [0.15, 0.2) is 0 Å². The monoisotopic (exact) mass is 466 g/mol. The molecule has 0 atom stereocenters. The highest BCUT2D eigenvalue weighted by molar-refractivity contribution is 6.03.